The molecule has 6 heteroatoms. The molecule has 0 spiro atoms. The molecule has 2 aromatic carbocycles. The second-order valence-corrected chi connectivity index (χ2v) is 6.82. The molecule has 1 heterocycles. The molecule has 5 nitrogen and oxygen atoms in total. The first-order valence-corrected chi connectivity index (χ1v) is 9.21. The molecule has 0 aromatic heterocycles. The zero-order chi connectivity index (χ0) is 19.2. The lowest BCUT2D eigenvalue weighted by atomic mass is 9.96. The van der Waals surface area contributed by atoms with E-state index < -0.39 is 0 Å². The van der Waals surface area contributed by atoms with Crippen molar-refractivity contribution in [3.05, 3.63) is 59.9 Å². The van der Waals surface area contributed by atoms with Gasteiger partial charge in [-0.25, -0.2) is 4.39 Å². The van der Waals surface area contributed by atoms with E-state index in [1.807, 2.05) is 24.3 Å². The highest BCUT2D eigenvalue weighted by Crippen LogP contribution is 2.30. The number of nitrogens with two attached hydrogens (primary N) is 1. The highest BCUT2D eigenvalue weighted by Gasteiger charge is 2.24. The number of hydrogen-bond donors (Lipinski definition) is 2. The summed E-state index contributed by atoms with van der Waals surface area (Å²) >= 11 is 0. The van der Waals surface area contributed by atoms with E-state index >= 15 is 0 Å². The molecule has 142 valence electrons. The van der Waals surface area contributed by atoms with E-state index in [-0.39, 0.29) is 30.0 Å². The molecule has 27 heavy (non-hydrogen) atoms. The maximum Gasteiger partial charge on any atom is 0.224 e. The van der Waals surface area contributed by atoms with Gasteiger partial charge in [0.05, 0.1) is 11.4 Å². The van der Waals surface area contributed by atoms with Gasteiger partial charge in [0, 0.05) is 25.4 Å². The standard InChI is InChI=1S/C21H24FN3O2/c22-17-6-2-1-5-15(17)9-10-20(26)24-18-7-3-4-8-19(18)25-13-11-16(12-14-25)21(23)27/h1-8,16H,9-14H2,(H2,23,27)(H,24,26). The highest BCUT2D eigenvalue weighted by atomic mass is 19.1. The summed E-state index contributed by atoms with van der Waals surface area (Å²) in [5.41, 5.74) is 7.59. The Morgan fingerprint density at radius 2 is 1.74 bits per heavy atom. The lowest BCUT2D eigenvalue weighted by molar-refractivity contribution is -0.122. The van der Waals surface area contributed by atoms with Gasteiger partial charge in [0.15, 0.2) is 0 Å². The van der Waals surface area contributed by atoms with Crippen molar-refractivity contribution in [3.63, 3.8) is 0 Å². The van der Waals surface area contributed by atoms with E-state index in [0.717, 1.165) is 24.5 Å². The van der Waals surface area contributed by atoms with Crippen LogP contribution in [0.25, 0.3) is 0 Å². The van der Waals surface area contributed by atoms with Crippen LogP contribution in [-0.2, 0) is 16.0 Å². The second kappa shape index (κ2) is 8.66. The van der Waals surface area contributed by atoms with Crippen molar-refractivity contribution in [2.45, 2.75) is 25.7 Å². The summed E-state index contributed by atoms with van der Waals surface area (Å²) in [6.07, 6.45) is 1.99. The van der Waals surface area contributed by atoms with Crippen LogP contribution in [0.15, 0.2) is 48.5 Å². The normalized spacial score (nSPS) is 14.8. The van der Waals surface area contributed by atoms with Gasteiger partial charge < -0.3 is 16.0 Å². The average molecular weight is 369 g/mol. The summed E-state index contributed by atoms with van der Waals surface area (Å²) in [5.74, 6) is -0.770. The number of nitrogens with one attached hydrogen (secondary N) is 1. The molecule has 0 saturated carbocycles. The van der Waals surface area contributed by atoms with Gasteiger partial charge in [0.25, 0.3) is 0 Å². The van der Waals surface area contributed by atoms with Crippen LogP contribution in [0.2, 0.25) is 0 Å². The topological polar surface area (TPSA) is 75.4 Å². The number of rotatable bonds is 6. The SMILES string of the molecule is NC(=O)C1CCN(c2ccccc2NC(=O)CCc2ccccc2F)CC1. The molecular weight excluding hydrogens is 345 g/mol. The first-order valence-electron chi connectivity index (χ1n) is 9.21. The van der Waals surface area contributed by atoms with Gasteiger partial charge in [-0.1, -0.05) is 30.3 Å². The number of amides is 2. The van der Waals surface area contributed by atoms with Crippen LogP contribution >= 0.6 is 0 Å². The molecule has 0 unspecified atom stereocenters. The number of benzene rings is 2. The molecule has 2 amide bonds. The number of nitrogens with zero attached hydrogens (tertiary/aromatic N) is 1. The van der Waals surface area contributed by atoms with E-state index in [1.54, 1.807) is 18.2 Å². The Balaban J connectivity index is 1.61. The Bertz CT molecular complexity index is 817. The molecular formula is C21H24FN3O2. The maximum absolute atomic E-state index is 13.7. The second-order valence-electron chi connectivity index (χ2n) is 6.82. The predicted octanol–water partition coefficient (Wildman–Crippen LogP) is 3.10. The van der Waals surface area contributed by atoms with Crippen LogP contribution in [0.1, 0.15) is 24.8 Å². The largest absolute Gasteiger partial charge is 0.370 e. The number of carbonyl (C=O) groups excluding carboxylic acids is 2. The summed E-state index contributed by atoms with van der Waals surface area (Å²) in [6.45, 7) is 1.44. The monoisotopic (exact) mass is 369 g/mol. The first kappa shape index (κ1) is 18.9. The van der Waals surface area contributed by atoms with Gasteiger partial charge in [0.1, 0.15) is 5.82 Å². The molecule has 0 atom stereocenters. The Morgan fingerprint density at radius 3 is 2.44 bits per heavy atom. The Labute approximate surface area is 158 Å². The zero-order valence-electron chi connectivity index (χ0n) is 15.2. The molecule has 3 rings (SSSR count). The Morgan fingerprint density at radius 1 is 1.07 bits per heavy atom. The van der Waals surface area contributed by atoms with Crippen LogP contribution in [0.4, 0.5) is 15.8 Å². The van der Waals surface area contributed by atoms with Crippen LogP contribution in [0, 0.1) is 11.7 Å². The average Bonchev–Trinajstić information content (AvgIpc) is 2.68. The molecule has 3 N–H and O–H groups in total. The number of piperidine rings is 1. The number of aryl methyl sites for hydroxylation is 1. The van der Waals surface area contributed by atoms with E-state index in [1.165, 1.54) is 6.07 Å². The van der Waals surface area contributed by atoms with Crippen LogP contribution in [0.5, 0.6) is 0 Å². The van der Waals surface area contributed by atoms with E-state index in [9.17, 15) is 14.0 Å². The van der Waals surface area contributed by atoms with Crippen molar-refractivity contribution >= 4 is 23.2 Å². The minimum atomic E-state index is -0.289. The molecule has 1 fully saturated rings. The van der Waals surface area contributed by atoms with Crippen molar-refractivity contribution in [2.24, 2.45) is 11.7 Å². The molecule has 0 aliphatic carbocycles. The van der Waals surface area contributed by atoms with E-state index in [2.05, 4.69) is 10.2 Å². The predicted molar refractivity (Wildman–Crippen MR) is 104 cm³/mol. The number of halogens is 1. The third-order valence-electron chi connectivity index (χ3n) is 5.00. The molecule has 0 radical (unpaired) electrons. The van der Waals surface area contributed by atoms with E-state index in [4.69, 9.17) is 5.73 Å². The van der Waals surface area contributed by atoms with Crippen LogP contribution in [0.3, 0.4) is 0 Å². The minimum absolute atomic E-state index is 0.0798. The van der Waals surface area contributed by atoms with Crippen molar-refractivity contribution in [3.8, 4) is 0 Å². The highest BCUT2D eigenvalue weighted by molar-refractivity contribution is 5.94. The van der Waals surface area contributed by atoms with Crippen molar-refractivity contribution in [1.29, 1.82) is 0 Å². The summed E-state index contributed by atoms with van der Waals surface area (Å²) in [4.78, 5) is 25.9. The van der Waals surface area contributed by atoms with Gasteiger partial charge in [-0.15, -0.1) is 0 Å². The van der Waals surface area contributed by atoms with Gasteiger partial charge in [-0.05, 0) is 43.0 Å². The third kappa shape index (κ3) is 4.84. The maximum atomic E-state index is 13.7. The fraction of sp³-hybridized carbons (Fsp3) is 0.333. The zero-order valence-corrected chi connectivity index (χ0v) is 15.2. The smallest absolute Gasteiger partial charge is 0.224 e. The summed E-state index contributed by atoms with van der Waals surface area (Å²) in [6, 6.07) is 14.1. The summed E-state index contributed by atoms with van der Waals surface area (Å²) < 4.78 is 13.7. The number of para-hydroxylation sites is 2. The lowest BCUT2D eigenvalue weighted by Crippen LogP contribution is -2.38. The first-order chi connectivity index (χ1) is 13.0. The fourth-order valence-electron chi connectivity index (χ4n) is 3.42. The molecule has 1 aliphatic rings. The van der Waals surface area contributed by atoms with Crippen molar-refractivity contribution in [2.75, 3.05) is 23.3 Å². The number of carbonyl (C=O) groups is 2. The third-order valence-corrected chi connectivity index (χ3v) is 5.00. The Kier molecular flexibility index (Phi) is 6.06. The molecule has 1 aliphatic heterocycles. The number of primary amides is 1. The number of hydrogen-bond acceptors (Lipinski definition) is 3. The van der Waals surface area contributed by atoms with Crippen molar-refractivity contribution < 1.29 is 14.0 Å². The van der Waals surface area contributed by atoms with Crippen LogP contribution in [-0.4, -0.2) is 24.9 Å². The summed E-state index contributed by atoms with van der Waals surface area (Å²) in [7, 11) is 0. The minimum Gasteiger partial charge on any atom is -0.370 e. The fourth-order valence-corrected chi connectivity index (χ4v) is 3.42. The van der Waals surface area contributed by atoms with Gasteiger partial charge in [0.2, 0.25) is 11.8 Å². The quantitative estimate of drug-likeness (QED) is 0.822. The molecule has 2 aromatic rings. The van der Waals surface area contributed by atoms with Gasteiger partial charge >= 0.3 is 0 Å². The lowest BCUT2D eigenvalue weighted by Gasteiger charge is -2.33. The Hall–Kier alpha value is -2.89. The molecule has 0 bridgehead atoms. The molecule has 1 saturated heterocycles. The number of anilines is 2. The van der Waals surface area contributed by atoms with Gasteiger partial charge in [-0.3, -0.25) is 9.59 Å². The van der Waals surface area contributed by atoms with Crippen molar-refractivity contribution in [1.82, 2.24) is 0 Å². The van der Waals surface area contributed by atoms with E-state index in [0.29, 0.717) is 24.8 Å². The summed E-state index contributed by atoms with van der Waals surface area (Å²) in [5, 5.41) is 2.94. The van der Waals surface area contributed by atoms with Gasteiger partial charge in [-0.2, -0.15) is 0 Å². The van der Waals surface area contributed by atoms with Crippen LogP contribution < -0.4 is 16.0 Å².